The number of para-hydroxylation sites is 1. The second kappa shape index (κ2) is 11.7. The van der Waals surface area contributed by atoms with Crippen molar-refractivity contribution in [2.24, 2.45) is 0 Å². The maximum atomic E-state index is 13.6. The molecule has 0 amide bonds. The predicted molar refractivity (Wildman–Crippen MR) is 149 cm³/mol. The summed E-state index contributed by atoms with van der Waals surface area (Å²) in [6.45, 7) is 5.94. The van der Waals surface area contributed by atoms with Crippen molar-refractivity contribution in [1.29, 1.82) is 0 Å². The Balaban J connectivity index is 0.00000156. The summed E-state index contributed by atoms with van der Waals surface area (Å²) in [5.74, 6) is 6.44. The van der Waals surface area contributed by atoms with E-state index in [4.69, 9.17) is 4.98 Å². The van der Waals surface area contributed by atoms with E-state index in [9.17, 15) is 9.18 Å². The highest BCUT2D eigenvalue weighted by Gasteiger charge is 2.13. The van der Waals surface area contributed by atoms with E-state index in [1.807, 2.05) is 75.4 Å². The van der Waals surface area contributed by atoms with E-state index in [1.54, 1.807) is 41.2 Å². The molecule has 5 heteroatoms. The average Bonchev–Trinajstić information content (AvgIpc) is 2.94. The molecule has 0 bridgehead atoms. The fraction of sp³-hybridized carbons (Fsp3) is 0.0938. The molecule has 0 spiro atoms. The van der Waals surface area contributed by atoms with Crippen molar-refractivity contribution in [2.75, 3.05) is 0 Å². The van der Waals surface area contributed by atoms with Crippen LogP contribution in [0, 0.1) is 24.6 Å². The molecule has 182 valence electrons. The second-order valence-corrected chi connectivity index (χ2v) is 8.01. The zero-order chi connectivity index (χ0) is 26.2. The lowest BCUT2D eigenvalue weighted by atomic mass is 10.1. The third kappa shape index (κ3) is 5.88. The zero-order valence-electron chi connectivity index (χ0n) is 20.9. The largest absolute Gasteiger partial charge is 0.268 e. The van der Waals surface area contributed by atoms with E-state index in [0.717, 1.165) is 27.9 Å². The topological polar surface area (TPSA) is 47.8 Å². The molecule has 0 aliphatic carbocycles. The van der Waals surface area contributed by atoms with Crippen LogP contribution in [0.25, 0.3) is 28.7 Å². The van der Waals surface area contributed by atoms with E-state index in [-0.39, 0.29) is 11.4 Å². The van der Waals surface area contributed by atoms with E-state index in [0.29, 0.717) is 16.7 Å². The molecule has 0 radical (unpaired) electrons. The smallest absolute Gasteiger partial charge is 0.266 e. The van der Waals surface area contributed by atoms with Crippen LogP contribution in [0.1, 0.15) is 41.9 Å². The minimum absolute atomic E-state index is 0.161. The summed E-state index contributed by atoms with van der Waals surface area (Å²) in [7, 11) is 0. The molecule has 0 aliphatic heterocycles. The SMILES string of the molecule is CC.Cc1cc(C#Cc2cccnc2)ccc1-n1c(/C=C/c2ccc(F)cc2)nc2ccccc2c1=O. The molecule has 0 atom stereocenters. The van der Waals surface area contributed by atoms with Crippen LogP contribution < -0.4 is 5.56 Å². The quantitative estimate of drug-likeness (QED) is 0.262. The lowest BCUT2D eigenvalue weighted by Crippen LogP contribution is -2.23. The Morgan fingerprint density at radius 2 is 1.62 bits per heavy atom. The fourth-order valence-electron chi connectivity index (χ4n) is 3.80. The lowest BCUT2D eigenvalue weighted by molar-refractivity contribution is 0.628. The highest BCUT2D eigenvalue weighted by atomic mass is 19.1. The monoisotopic (exact) mass is 487 g/mol. The van der Waals surface area contributed by atoms with Crippen molar-refractivity contribution < 1.29 is 4.39 Å². The highest BCUT2D eigenvalue weighted by Crippen LogP contribution is 2.19. The number of aromatic nitrogens is 3. The summed E-state index contributed by atoms with van der Waals surface area (Å²) < 4.78 is 14.9. The number of hydrogen-bond acceptors (Lipinski definition) is 3. The first-order chi connectivity index (χ1) is 18.1. The van der Waals surface area contributed by atoms with E-state index >= 15 is 0 Å². The third-order valence-electron chi connectivity index (χ3n) is 5.55. The van der Waals surface area contributed by atoms with Crippen molar-refractivity contribution in [3.05, 3.63) is 136 Å². The maximum Gasteiger partial charge on any atom is 0.266 e. The van der Waals surface area contributed by atoms with Crippen LogP contribution >= 0.6 is 0 Å². The van der Waals surface area contributed by atoms with Gasteiger partial charge in [-0.05, 0) is 78.7 Å². The molecule has 3 aromatic carbocycles. The van der Waals surface area contributed by atoms with E-state index < -0.39 is 0 Å². The molecule has 5 aromatic rings. The van der Waals surface area contributed by atoms with E-state index in [2.05, 4.69) is 16.8 Å². The lowest BCUT2D eigenvalue weighted by Gasteiger charge is -2.14. The molecular formula is C32H26FN3O. The number of rotatable bonds is 3. The predicted octanol–water partition coefficient (Wildman–Crippen LogP) is 6.82. The highest BCUT2D eigenvalue weighted by molar-refractivity contribution is 5.80. The number of fused-ring (bicyclic) bond motifs is 1. The molecule has 0 aliphatic rings. The minimum atomic E-state index is -0.301. The van der Waals surface area contributed by atoms with Gasteiger partial charge in [0.15, 0.2) is 0 Å². The van der Waals surface area contributed by atoms with Gasteiger partial charge in [0.05, 0.1) is 16.6 Å². The van der Waals surface area contributed by atoms with Gasteiger partial charge in [0.1, 0.15) is 11.6 Å². The van der Waals surface area contributed by atoms with Crippen LogP contribution in [0.5, 0.6) is 0 Å². The van der Waals surface area contributed by atoms with Gasteiger partial charge >= 0.3 is 0 Å². The van der Waals surface area contributed by atoms with Crippen LogP contribution in [-0.4, -0.2) is 14.5 Å². The summed E-state index contributed by atoms with van der Waals surface area (Å²) in [6.07, 6.45) is 7.02. The summed E-state index contributed by atoms with van der Waals surface area (Å²) in [5.41, 5.74) is 4.53. The third-order valence-corrected chi connectivity index (χ3v) is 5.55. The van der Waals surface area contributed by atoms with Gasteiger partial charge < -0.3 is 0 Å². The summed E-state index contributed by atoms with van der Waals surface area (Å²) in [6, 6.07) is 22.9. The molecule has 0 unspecified atom stereocenters. The molecule has 4 nitrogen and oxygen atoms in total. The van der Waals surface area contributed by atoms with Crippen LogP contribution in [-0.2, 0) is 0 Å². The van der Waals surface area contributed by atoms with Gasteiger partial charge in [-0.15, -0.1) is 0 Å². The van der Waals surface area contributed by atoms with Gasteiger partial charge in [-0.1, -0.05) is 56.0 Å². The molecule has 0 saturated heterocycles. The Morgan fingerprint density at radius 1 is 0.865 bits per heavy atom. The van der Waals surface area contributed by atoms with Crippen LogP contribution in [0.4, 0.5) is 4.39 Å². The standard InChI is InChI=1S/C30H20FN3O.C2H6/c1-21-19-23(8-9-24-5-4-18-32-20-24)12-16-28(21)34-29(17-13-22-10-14-25(31)15-11-22)33-27-7-3-2-6-26(27)30(34)35;1-2/h2-7,10-20H,1H3;1-2H3/b17-13+;. The second-order valence-electron chi connectivity index (χ2n) is 8.01. The van der Waals surface area contributed by atoms with Crippen molar-refractivity contribution in [1.82, 2.24) is 14.5 Å². The van der Waals surface area contributed by atoms with Crippen LogP contribution in [0.15, 0.2) is 96.1 Å². The number of nitrogens with zero attached hydrogens (tertiary/aromatic N) is 3. The molecular weight excluding hydrogens is 461 g/mol. The molecule has 2 aromatic heterocycles. The first kappa shape index (κ1) is 25.3. The van der Waals surface area contributed by atoms with Gasteiger partial charge in [-0.3, -0.25) is 14.3 Å². The number of halogens is 1. The van der Waals surface area contributed by atoms with Crippen LogP contribution in [0.2, 0.25) is 0 Å². The van der Waals surface area contributed by atoms with Gasteiger partial charge in [0, 0.05) is 23.5 Å². The zero-order valence-corrected chi connectivity index (χ0v) is 20.9. The number of pyridine rings is 1. The van der Waals surface area contributed by atoms with Crippen molar-refractivity contribution in [2.45, 2.75) is 20.8 Å². The Hall–Kier alpha value is -4.82. The van der Waals surface area contributed by atoms with Gasteiger partial charge in [-0.25, -0.2) is 9.37 Å². The van der Waals surface area contributed by atoms with Gasteiger partial charge in [-0.2, -0.15) is 0 Å². The van der Waals surface area contributed by atoms with Crippen molar-refractivity contribution in [3.8, 4) is 17.5 Å². The molecule has 37 heavy (non-hydrogen) atoms. The summed E-state index contributed by atoms with van der Waals surface area (Å²) >= 11 is 0. The summed E-state index contributed by atoms with van der Waals surface area (Å²) in [4.78, 5) is 22.4. The molecule has 0 N–H and O–H groups in total. The molecule has 2 heterocycles. The molecule has 0 fully saturated rings. The van der Waals surface area contributed by atoms with E-state index in [1.165, 1.54) is 12.1 Å². The maximum absolute atomic E-state index is 13.6. The number of aryl methyl sites for hydroxylation is 1. The van der Waals surface area contributed by atoms with Crippen molar-refractivity contribution >= 4 is 23.1 Å². The van der Waals surface area contributed by atoms with Crippen molar-refractivity contribution in [3.63, 3.8) is 0 Å². The first-order valence-corrected chi connectivity index (χ1v) is 12.1. The van der Waals surface area contributed by atoms with Gasteiger partial charge in [0.25, 0.3) is 5.56 Å². The summed E-state index contributed by atoms with van der Waals surface area (Å²) in [5, 5.41) is 0.534. The number of benzene rings is 3. The first-order valence-electron chi connectivity index (χ1n) is 12.1. The van der Waals surface area contributed by atoms with Crippen LogP contribution in [0.3, 0.4) is 0 Å². The molecule has 5 rings (SSSR count). The Bertz CT molecular complexity index is 1680. The number of hydrogen-bond donors (Lipinski definition) is 0. The van der Waals surface area contributed by atoms with Gasteiger partial charge in [0.2, 0.25) is 0 Å². The average molecular weight is 488 g/mol. The Labute approximate surface area is 215 Å². The molecule has 0 saturated carbocycles. The Morgan fingerprint density at radius 3 is 2.35 bits per heavy atom. The normalized spacial score (nSPS) is 10.5. The fourth-order valence-corrected chi connectivity index (χ4v) is 3.80. The Kier molecular flexibility index (Phi) is 8.02. The minimum Gasteiger partial charge on any atom is -0.268 e.